The van der Waals surface area contributed by atoms with E-state index in [1.165, 1.54) is 0 Å². The molecule has 1 aliphatic rings. The molecule has 1 fully saturated rings. The predicted octanol–water partition coefficient (Wildman–Crippen LogP) is 0.841. The standard InChI is InChI=1S/C12H15F3N2O3S/c1-7(16)11-6-17(2-3-20-11)21(18,19)12-9(14)4-8(13)5-10(12)15/h4-5,7,11H,2-3,6,16H2,1H3. The molecule has 2 N–H and O–H groups in total. The van der Waals surface area contributed by atoms with E-state index in [-0.39, 0.29) is 19.7 Å². The van der Waals surface area contributed by atoms with Gasteiger partial charge in [0.1, 0.15) is 17.5 Å². The predicted molar refractivity (Wildman–Crippen MR) is 68.5 cm³/mol. The zero-order chi connectivity index (χ0) is 15.8. The van der Waals surface area contributed by atoms with Crippen molar-refractivity contribution in [2.24, 2.45) is 5.73 Å². The Labute approximate surface area is 120 Å². The van der Waals surface area contributed by atoms with E-state index in [9.17, 15) is 21.6 Å². The molecule has 9 heteroatoms. The van der Waals surface area contributed by atoms with Crippen molar-refractivity contribution in [1.29, 1.82) is 0 Å². The summed E-state index contributed by atoms with van der Waals surface area (Å²) >= 11 is 0. The van der Waals surface area contributed by atoms with E-state index in [4.69, 9.17) is 10.5 Å². The molecule has 0 radical (unpaired) electrons. The van der Waals surface area contributed by atoms with Crippen LogP contribution >= 0.6 is 0 Å². The summed E-state index contributed by atoms with van der Waals surface area (Å²) in [5, 5.41) is 0. The van der Waals surface area contributed by atoms with E-state index in [1.54, 1.807) is 6.92 Å². The van der Waals surface area contributed by atoms with Gasteiger partial charge in [-0.15, -0.1) is 0 Å². The molecule has 0 amide bonds. The number of halogens is 3. The van der Waals surface area contributed by atoms with Crippen LogP contribution in [-0.4, -0.2) is 44.6 Å². The van der Waals surface area contributed by atoms with Crippen LogP contribution in [0.5, 0.6) is 0 Å². The maximum atomic E-state index is 13.7. The average Bonchev–Trinajstić information content (AvgIpc) is 2.37. The number of ether oxygens (including phenoxy) is 1. The quantitative estimate of drug-likeness (QED) is 0.894. The lowest BCUT2D eigenvalue weighted by Gasteiger charge is -2.34. The number of benzene rings is 1. The Morgan fingerprint density at radius 2 is 1.90 bits per heavy atom. The van der Waals surface area contributed by atoms with Crippen molar-refractivity contribution < 1.29 is 26.3 Å². The zero-order valence-corrected chi connectivity index (χ0v) is 12.0. The largest absolute Gasteiger partial charge is 0.374 e. The second kappa shape index (κ2) is 5.91. The summed E-state index contributed by atoms with van der Waals surface area (Å²) < 4.78 is 71.1. The van der Waals surface area contributed by atoms with Crippen LogP contribution in [0.15, 0.2) is 17.0 Å². The van der Waals surface area contributed by atoms with Gasteiger partial charge in [-0.25, -0.2) is 21.6 Å². The van der Waals surface area contributed by atoms with E-state index in [0.717, 1.165) is 4.31 Å². The van der Waals surface area contributed by atoms with Crippen LogP contribution in [0.2, 0.25) is 0 Å². The van der Waals surface area contributed by atoms with Crippen LogP contribution < -0.4 is 5.73 Å². The highest BCUT2D eigenvalue weighted by atomic mass is 32.2. The van der Waals surface area contributed by atoms with Crippen molar-refractivity contribution >= 4 is 10.0 Å². The monoisotopic (exact) mass is 324 g/mol. The summed E-state index contributed by atoms with van der Waals surface area (Å²) in [5.74, 6) is -4.10. The highest BCUT2D eigenvalue weighted by Gasteiger charge is 2.36. The third-order valence-electron chi connectivity index (χ3n) is 3.20. The lowest BCUT2D eigenvalue weighted by molar-refractivity contribution is -0.0121. The van der Waals surface area contributed by atoms with Crippen LogP contribution in [0.25, 0.3) is 0 Å². The van der Waals surface area contributed by atoms with Crippen LogP contribution in [-0.2, 0) is 14.8 Å². The van der Waals surface area contributed by atoms with Gasteiger partial charge in [0.15, 0.2) is 4.90 Å². The Kier molecular flexibility index (Phi) is 4.57. The highest BCUT2D eigenvalue weighted by Crippen LogP contribution is 2.25. The molecule has 5 nitrogen and oxygen atoms in total. The first-order valence-electron chi connectivity index (χ1n) is 6.25. The van der Waals surface area contributed by atoms with Gasteiger partial charge in [-0.3, -0.25) is 0 Å². The summed E-state index contributed by atoms with van der Waals surface area (Å²) in [6, 6.07) is 0.227. The molecule has 2 rings (SSSR count). The summed E-state index contributed by atoms with van der Waals surface area (Å²) in [6.45, 7) is 1.54. The van der Waals surface area contributed by atoms with Crippen molar-refractivity contribution in [3.8, 4) is 0 Å². The minimum Gasteiger partial charge on any atom is -0.374 e. The number of nitrogens with zero attached hydrogens (tertiary/aromatic N) is 1. The first-order valence-corrected chi connectivity index (χ1v) is 7.69. The van der Waals surface area contributed by atoms with E-state index >= 15 is 0 Å². The Morgan fingerprint density at radius 1 is 1.33 bits per heavy atom. The van der Waals surface area contributed by atoms with E-state index in [0.29, 0.717) is 12.1 Å². The molecule has 2 unspecified atom stereocenters. The Morgan fingerprint density at radius 3 is 2.43 bits per heavy atom. The molecule has 1 aromatic carbocycles. The summed E-state index contributed by atoms with van der Waals surface area (Å²) in [7, 11) is -4.43. The number of rotatable bonds is 3. The lowest BCUT2D eigenvalue weighted by atomic mass is 10.2. The molecule has 0 aliphatic carbocycles. The number of morpholine rings is 1. The summed E-state index contributed by atoms with van der Waals surface area (Å²) in [6.07, 6.45) is -0.569. The fraction of sp³-hybridized carbons (Fsp3) is 0.500. The third kappa shape index (κ3) is 3.20. The van der Waals surface area contributed by atoms with Gasteiger partial charge in [-0.1, -0.05) is 0 Å². The molecule has 118 valence electrons. The number of nitrogens with two attached hydrogens (primary N) is 1. The molecule has 0 spiro atoms. The van der Waals surface area contributed by atoms with Gasteiger partial charge in [0.05, 0.1) is 12.7 Å². The zero-order valence-electron chi connectivity index (χ0n) is 11.2. The Hall–Kier alpha value is -1.16. The smallest absolute Gasteiger partial charge is 0.249 e. The summed E-state index contributed by atoms with van der Waals surface area (Å²) in [5.41, 5.74) is 5.65. The minimum absolute atomic E-state index is 0.0538. The molecule has 2 atom stereocenters. The van der Waals surface area contributed by atoms with Crippen LogP contribution in [0.3, 0.4) is 0 Å². The van der Waals surface area contributed by atoms with Crippen LogP contribution in [0.1, 0.15) is 6.92 Å². The second-order valence-corrected chi connectivity index (χ2v) is 6.70. The van der Waals surface area contributed by atoms with Gasteiger partial charge >= 0.3 is 0 Å². The van der Waals surface area contributed by atoms with Crippen molar-refractivity contribution in [2.75, 3.05) is 19.7 Å². The van der Waals surface area contributed by atoms with Gasteiger partial charge < -0.3 is 10.5 Å². The van der Waals surface area contributed by atoms with Gasteiger partial charge in [0, 0.05) is 31.3 Å². The van der Waals surface area contributed by atoms with Crippen LogP contribution in [0, 0.1) is 17.5 Å². The van der Waals surface area contributed by atoms with Crippen molar-refractivity contribution in [1.82, 2.24) is 4.31 Å². The third-order valence-corrected chi connectivity index (χ3v) is 5.12. The van der Waals surface area contributed by atoms with Gasteiger partial charge in [0.2, 0.25) is 10.0 Å². The molecular formula is C12H15F3N2O3S. The molecule has 1 saturated heterocycles. The molecule has 0 bridgehead atoms. The van der Waals surface area contributed by atoms with Crippen molar-refractivity contribution in [3.63, 3.8) is 0 Å². The molecule has 1 aromatic rings. The molecule has 0 aromatic heterocycles. The highest BCUT2D eigenvalue weighted by molar-refractivity contribution is 7.89. The first-order chi connectivity index (χ1) is 9.73. The molecule has 1 aliphatic heterocycles. The van der Waals surface area contributed by atoms with Crippen LogP contribution in [0.4, 0.5) is 13.2 Å². The van der Waals surface area contributed by atoms with E-state index < -0.39 is 44.5 Å². The molecular weight excluding hydrogens is 309 g/mol. The van der Waals surface area contributed by atoms with E-state index in [2.05, 4.69) is 0 Å². The first kappa shape index (κ1) is 16.2. The fourth-order valence-corrected chi connectivity index (χ4v) is 3.62. The normalized spacial score (nSPS) is 22.2. The molecule has 21 heavy (non-hydrogen) atoms. The Balaban J connectivity index is 2.39. The van der Waals surface area contributed by atoms with Gasteiger partial charge in [-0.2, -0.15) is 4.31 Å². The SMILES string of the molecule is CC(N)C1CN(S(=O)(=O)c2c(F)cc(F)cc2F)CCO1. The van der Waals surface area contributed by atoms with Gasteiger partial charge in [0.25, 0.3) is 0 Å². The molecule has 1 heterocycles. The number of sulfonamides is 1. The van der Waals surface area contributed by atoms with Gasteiger partial charge in [-0.05, 0) is 6.92 Å². The summed E-state index contributed by atoms with van der Waals surface area (Å²) in [4.78, 5) is -1.16. The average molecular weight is 324 g/mol. The van der Waals surface area contributed by atoms with Crippen molar-refractivity contribution in [2.45, 2.75) is 24.0 Å². The topological polar surface area (TPSA) is 72.6 Å². The van der Waals surface area contributed by atoms with E-state index in [1.807, 2.05) is 0 Å². The maximum Gasteiger partial charge on any atom is 0.249 e. The Bertz CT molecular complexity index is 614. The number of hydrogen-bond donors (Lipinski definition) is 1. The fourth-order valence-electron chi connectivity index (χ4n) is 2.09. The lowest BCUT2D eigenvalue weighted by Crippen LogP contribution is -2.51. The number of hydrogen-bond acceptors (Lipinski definition) is 4. The second-order valence-electron chi connectivity index (χ2n) is 4.83. The molecule has 0 saturated carbocycles. The van der Waals surface area contributed by atoms with Crippen molar-refractivity contribution in [3.05, 3.63) is 29.6 Å². The maximum absolute atomic E-state index is 13.7. The minimum atomic E-state index is -4.43.